The standard InChI is InChI=1S/C17H27FN4O/c1-4-6-13(10-19)22-17(23)16(20)14-9-12(18)7-8-15(14)21-11(3)5-2/h7-9,11,13,20-21H,4-6,10,19H2,1-3H3,(H,22,23). The van der Waals surface area contributed by atoms with Crippen molar-refractivity contribution < 1.29 is 9.18 Å². The molecule has 0 fully saturated rings. The van der Waals surface area contributed by atoms with Gasteiger partial charge in [-0.3, -0.25) is 10.2 Å². The second-order valence-electron chi connectivity index (χ2n) is 5.71. The minimum atomic E-state index is -0.535. The maximum atomic E-state index is 13.6. The minimum Gasteiger partial charge on any atom is -0.382 e. The molecule has 0 bridgehead atoms. The zero-order valence-electron chi connectivity index (χ0n) is 14.1. The van der Waals surface area contributed by atoms with E-state index in [1.54, 1.807) is 6.07 Å². The smallest absolute Gasteiger partial charge is 0.270 e. The molecule has 1 amide bonds. The van der Waals surface area contributed by atoms with E-state index in [1.807, 2.05) is 20.8 Å². The topological polar surface area (TPSA) is 91.0 Å². The van der Waals surface area contributed by atoms with Crippen molar-refractivity contribution in [2.24, 2.45) is 5.73 Å². The van der Waals surface area contributed by atoms with Crippen LogP contribution in [0.15, 0.2) is 18.2 Å². The number of amides is 1. The minimum absolute atomic E-state index is 0.159. The summed E-state index contributed by atoms with van der Waals surface area (Å²) in [6.07, 6.45) is 2.51. The predicted molar refractivity (Wildman–Crippen MR) is 92.5 cm³/mol. The molecule has 128 valence electrons. The molecule has 23 heavy (non-hydrogen) atoms. The monoisotopic (exact) mass is 322 g/mol. The van der Waals surface area contributed by atoms with Crippen molar-refractivity contribution in [2.45, 2.75) is 52.1 Å². The van der Waals surface area contributed by atoms with Crippen LogP contribution in [0.4, 0.5) is 10.1 Å². The molecule has 0 aromatic heterocycles. The van der Waals surface area contributed by atoms with E-state index >= 15 is 0 Å². The highest BCUT2D eigenvalue weighted by Gasteiger charge is 2.19. The van der Waals surface area contributed by atoms with Gasteiger partial charge in [-0.1, -0.05) is 20.3 Å². The van der Waals surface area contributed by atoms with Gasteiger partial charge in [-0.2, -0.15) is 0 Å². The van der Waals surface area contributed by atoms with E-state index in [-0.39, 0.29) is 23.4 Å². The lowest BCUT2D eigenvalue weighted by Gasteiger charge is -2.19. The first-order chi connectivity index (χ1) is 10.9. The molecule has 0 radical (unpaired) electrons. The molecule has 0 aliphatic heterocycles. The van der Waals surface area contributed by atoms with Gasteiger partial charge in [0.1, 0.15) is 11.5 Å². The van der Waals surface area contributed by atoms with Gasteiger partial charge in [0, 0.05) is 29.9 Å². The fourth-order valence-corrected chi connectivity index (χ4v) is 2.19. The van der Waals surface area contributed by atoms with E-state index < -0.39 is 11.7 Å². The number of hydrogen-bond donors (Lipinski definition) is 4. The molecule has 1 aromatic carbocycles. The van der Waals surface area contributed by atoms with Crippen molar-refractivity contribution in [2.75, 3.05) is 11.9 Å². The first kappa shape index (κ1) is 19.1. The van der Waals surface area contributed by atoms with Crippen molar-refractivity contribution in [1.82, 2.24) is 5.32 Å². The summed E-state index contributed by atoms with van der Waals surface area (Å²) < 4.78 is 13.6. The summed E-state index contributed by atoms with van der Waals surface area (Å²) in [5, 5.41) is 14.1. The van der Waals surface area contributed by atoms with Gasteiger partial charge in [0.05, 0.1) is 0 Å². The van der Waals surface area contributed by atoms with Crippen LogP contribution in [-0.4, -0.2) is 30.2 Å². The molecule has 1 rings (SSSR count). The van der Waals surface area contributed by atoms with Crippen LogP contribution in [0.3, 0.4) is 0 Å². The lowest BCUT2D eigenvalue weighted by atomic mass is 10.0. The number of anilines is 1. The molecule has 0 aliphatic carbocycles. The second kappa shape index (κ2) is 9.25. The zero-order chi connectivity index (χ0) is 17.4. The Morgan fingerprint density at radius 3 is 2.65 bits per heavy atom. The molecular formula is C17H27FN4O. The van der Waals surface area contributed by atoms with Gasteiger partial charge < -0.3 is 16.4 Å². The number of halogens is 1. The Morgan fingerprint density at radius 2 is 2.09 bits per heavy atom. The molecular weight excluding hydrogens is 295 g/mol. The lowest BCUT2D eigenvalue weighted by molar-refractivity contribution is -0.115. The van der Waals surface area contributed by atoms with Crippen molar-refractivity contribution in [3.05, 3.63) is 29.6 Å². The first-order valence-corrected chi connectivity index (χ1v) is 8.08. The summed E-state index contributed by atoms with van der Waals surface area (Å²) in [6.45, 7) is 6.33. The molecule has 0 aliphatic rings. The number of nitrogens with two attached hydrogens (primary N) is 1. The average Bonchev–Trinajstić information content (AvgIpc) is 2.54. The summed E-state index contributed by atoms with van der Waals surface area (Å²) >= 11 is 0. The summed E-state index contributed by atoms with van der Waals surface area (Å²) in [6, 6.07) is 4.08. The van der Waals surface area contributed by atoms with Gasteiger partial charge in [0.2, 0.25) is 0 Å². The van der Waals surface area contributed by atoms with E-state index in [4.69, 9.17) is 11.1 Å². The highest BCUT2D eigenvalue weighted by Crippen LogP contribution is 2.19. The number of carbonyl (C=O) groups is 1. The van der Waals surface area contributed by atoms with Gasteiger partial charge >= 0.3 is 0 Å². The van der Waals surface area contributed by atoms with E-state index in [0.29, 0.717) is 12.2 Å². The van der Waals surface area contributed by atoms with Crippen LogP contribution in [-0.2, 0) is 4.79 Å². The average molecular weight is 322 g/mol. The van der Waals surface area contributed by atoms with Crippen molar-refractivity contribution in [3.63, 3.8) is 0 Å². The number of rotatable bonds is 9. The Labute approximate surface area is 137 Å². The van der Waals surface area contributed by atoms with Crippen molar-refractivity contribution >= 4 is 17.3 Å². The van der Waals surface area contributed by atoms with Crippen LogP contribution >= 0.6 is 0 Å². The summed E-state index contributed by atoms with van der Waals surface area (Å²) in [7, 11) is 0. The highest BCUT2D eigenvalue weighted by molar-refractivity contribution is 6.45. The Morgan fingerprint density at radius 1 is 1.39 bits per heavy atom. The third kappa shape index (κ3) is 5.63. The molecule has 2 atom stereocenters. The molecule has 5 nitrogen and oxygen atoms in total. The first-order valence-electron chi connectivity index (χ1n) is 8.08. The molecule has 5 N–H and O–H groups in total. The third-order valence-electron chi connectivity index (χ3n) is 3.75. The lowest BCUT2D eigenvalue weighted by Crippen LogP contribution is -2.43. The SMILES string of the molecule is CCCC(CN)NC(=O)C(=N)c1cc(F)ccc1NC(C)CC. The van der Waals surface area contributed by atoms with Gasteiger partial charge in [-0.25, -0.2) is 4.39 Å². The molecule has 2 unspecified atom stereocenters. The number of benzene rings is 1. The summed E-state index contributed by atoms with van der Waals surface area (Å²) in [5.41, 5.74) is 6.21. The van der Waals surface area contributed by atoms with E-state index in [2.05, 4.69) is 10.6 Å². The van der Waals surface area contributed by atoms with Gasteiger partial charge in [-0.05, 0) is 38.0 Å². The fraction of sp³-hybridized carbons (Fsp3) is 0.529. The van der Waals surface area contributed by atoms with E-state index in [0.717, 1.165) is 19.3 Å². The normalized spacial score (nSPS) is 13.3. The zero-order valence-corrected chi connectivity index (χ0v) is 14.1. The Balaban J connectivity index is 2.97. The Hall–Kier alpha value is -1.95. The predicted octanol–water partition coefficient (Wildman–Crippen LogP) is 2.65. The fourth-order valence-electron chi connectivity index (χ4n) is 2.19. The molecule has 0 heterocycles. The number of carbonyl (C=O) groups excluding carboxylic acids is 1. The highest BCUT2D eigenvalue weighted by atomic mass is 19.1. The van der Waals surface area contributed by atoms with Crippen LogP contribution in [0.25, 0.3) is 0 Å². The summed E-state index contributed by atoms with van der Waals surface area (Å²) in [5.74, 6) is -1.01. The molecule has 0 saturated heterocycles. The van der Waals surface area contributed by atoms with E-state index in [1.165, 1.54) is 12.1 Å². The van der Waals surface area contributed by atoms with Crippen molar-refractivity contribution in [3.8, 4) is 0 Å². The van der Waals surface area contributed by atoms with Crippen LogP contribution in [0, 0.1) is 11.2 Å². The van der Waals surface area contributed by atoms with Crippen LogP contribution in [0.1, 0.15) is 45.6 Å². The molecule has 0 saturated carbocycles. The summed E-state index contributed by atoms with van der Waals surface area (Å²) in [4.78, 5) is 12.3. The quantitative estimate of drug-likeness (QED) is 0.527. The largest absolute Gasteiger partial charge is 0.382 e. The number of hydrogen-bond acceptors (Lipinski definition) is 4. The molecule has 0 spiro atoms. The van der Waals surface area contributed by atoms with Gasteiger partial charge in [0.25, 0.3) is 5.91 Å². The molecule has 6 heteroatoms. The number of nitrogens with one attached hydrogen (secondary N) is 3. The van der Waals surface area contributed by atoms with Crippen molar-refractivity contribution in [1.29, 1.82) is 5.41 Å². The van der Waals surface area contributed by atoms with Gasteiger partial charge in [-0.15, -0.1) is 0 Å². The van der Waals surface area contributed by atoms with Crippen LogP contribution in [0.2, 0.25) is 0 Å². The Bertz CT molecular complexity index is 547. The maximum Gasteiger partial charge on any atom is 0.270 e. The van der Waals surface area contributed by atoms with Crippen LogP contribution in [0.5, 0.6) is 0 Å². The molecule has 1 aromatic rings. The maximum absolute atomic E-state index is 13.6. The van der Waals surface area contributed by atoms with E-state index in [9.17, 15) is 9.18 Å². The Kier molecular flexibility index (Phi) is 7.68. The van der Waals surface area contributed by atoms with Crippen LogP contribution < -0.4 is 16.4 Å². The van der Waals surface area contributed by atoms with Gasteiger partial charge in [0.15, 0.2) is 0 Å². The second-order valence-corrected chi connectivity index (χ2v) is 5.71. The third-order valence-corrected chi connectivity index (χ3v) is 3.75.